The normalized spacial score (nSPS) is 13.1. The van der Waals surface area contributed by atoms with E-state index in [1.54, 1.807) is 0 Å². The Balaban J connectivity index is 3.91. The van der Waals surface area contributed by atoms with Crippen LogP contribution in [0.4, 0.5) is 0 Å². The van der Waals surface area contributed by atoms with Gasteiger partial charge in [-0.15, -0.1) is 0 Å². The van der Waals surface area contributed by atoms with E-state index in [-0.39, 0.29) is 0 Å². The second-order valence-corrected chi connectivity index (χ2v) is 17.1. The molecule has 0 saturated heterocycles. The number of rotatable bonds is 9. The predicted molar refractivity (Wildman–Crippen MR) is 77.6 cm³/mol. The zero-order chi connectivity index (χ0) is 12.7. The van der Waals surface area contributed by atoms with Crippen LogP contribution in [-0.4, -0.2) is 39.6 Å². The lowest BCUT2D eigenvalue weighted by atomic mass is 10.5. The Labute approximate surface area is 103 Å². The molecule has 0 aromatic carbocycles. The summed E-state index contributed by atoms with van der Waals surface area (Å²) < 4.78 is 0. The van der Waals surface area contributed by atoms with E-state index in [1.165, 1.54) is 24.2 Å². The van der Waals surface area contributed by atoms with Gasteiger partial charge in [-0.05, 0) is 12.8 Å². The molecule has 0 spiro atoms. The summed E-state index contributed by atoms with van der Waals surface area (Å²) in [6.07, 6.45) is 1.97. The van der Waals surface area contributed by atoms with Crippen molar-refractivity contribution in [3.05, 3.63) is 0 Å². The highest BCUT2D eigenvalue weighted by molar-refractivity contribution is 6.82. The van der Waals surface area contributed by atoms with Crippen molar-refractivity contribution in [1.29, 1.82) is 0 Å². The summed E-state index contributed by atoms with van der Waals surface area (Å²) in [5.41, 5.74) is 0. The number of hydrogen-bond donors (Lipinski definition) is 2. The second-order valence-electron chi connectivity index (χ2n) is 6.48. The largest absolute Gasteiger partial charge is 0.396 e. The van der Waals surface area contributed by atoms with E-state index >= 15 is 0 Å². The van der Waals surface area contributed by atoms with Crippen molar-refractivity contribution in [1.82, 2.24) is 0 Å². The first-order valence-corrected chi connectivity index (χ1v) is 13.4. The van der Waals surface area contributed by atoms with Crippen molar-refractivity contribution in [2.75, 3.05) is 13.2 Å². The topological polar surface area (TPSA) is 40.5 Å². The summed E-state index contributed by atoms with van der Waals surface area (Å²) >= 11 is 0. The molecular weight excluding hydrogens is 232 g/mol. The molecular formula is C12H30O2Si2. The molecule has 0 rings (SSSR count). The van der Waals surface area contributed by atoms with Crippen LogP contribution in [-0.2, 0) is 0 Å². The smallest absolute Gasteiger partial charge is 0.0471 e. The van der Waals surface area contributed by atoms with Crippen LogP contribution in [0.2, 0.25) is 50.4 Å². The number of hydrogen-bond acceptors (Lipinski definition) is 2. The molecule has 0 aliphatic heterocycles. The van der Waals surface area contributed by atoms with Gasteiger partial charge in [0.2, 0.25) is 0 Å². The van der Waals surface area contributed by atoms with Gasteiger partial charge in [0.25, 0.3) is 0 Å². The van der Waals surface area contributed by atoms with Crippen LogP contribution in [0, 0.1) is 0 Å². The first-order chi connectivity index (χ1) is 7.33. The molecule has 0 bridgehead atoms. The highest BCUT2D eigenvalue weighted by Gasteiger charge is 2.26. The van der Waals surface area contributed by atoms with Crippen molar-refractivity contribution < 1.29 is 10.2 Å². The number of aliphatic hydroxyl groups excluding tert-OH is 2. The van der Waals surface area contributed by atoms with Crippen molar-refractivity contribution in [3.63, 3.8) is 0 Å². The summed E-state index contributed by atoms with van der Waals surface area (Å²) in [5.74, 6) is 0. The van der Waals surface area contributed by atoms with Crippen molar-refractivity contribution in [2.45, 2.75) is 63.2 Å². The molecule has 4 heteroatoms. The molecule has 2 nitrogen and oxygen atoms in total. The summed E-state index contributed by atoms with van der Waals surface area (Å²) in [6.45, 7) is 10.5. The van der Waals surface area contributed by atoms with Gasteiger partial charge in [0, 0.05) is 29.4 Å². The first-order valence-electron chi connectivity index (χ1n) is 6.55. The summed E-state index contributed by atoms with van der Waals surface area (Å²) in [7, 11) is -2.12. The molecule has 0 radical (unpaired) electrons. The van der Waals surface area contributed by atoms with E-state index in [9.17, 15) is 0 Å². The van der Waals surface area contributed by atoms with E-state index in [2.05, 4.69) is 26.2 Å². The molecule has 2 N–H and O–H groups in total. The molecule has 98 valence electrons. The maximum atomic E-state index is 8.88. The molecule has 16 heavy (non-hydrogen) atoms. The van der Waals surface area contributed by atoms with Crippen molar-refractivity contribution in [3.8, 4) is 0 Å². The van der Waals surface area contributed by atoms with Crippen LogP contribution in [0.5, 0.6) is 0 Å². The van der Waals surface area contributed by atoms with Gasteiger partial charge in [0.05, 0.1) is 0 Å². The van der Waals surface area contributed by atoms with Gasteiger partial charge in [-0.25, -0.2) is 0 Å². The predicted octanol–water partition coefficient (Wildman–Crippen LogP) is 3.17. The van der Waals surface area contributed by atoms with Crippen LogP contribution in [0.25, 0.3) is 0 Å². The molecule has 0 fully saturated rings. The minimum atomic E-state index is -1.06. The highest BCUT2D eigenvalue weighted by atomic mass is 28.3. The van der Waals surface area contributed by atoms with E-state index in [0.29, 0.717) is 13.2 Å². The minimum absolute atomic E-state index is 0.349. The van der Waals surface area contributed by atoms with Gasteiger partial charge in [0.1, 0.15) is 0 Å². The molecule has 0 aromatic heterocycles. The van der Waals surface area contributed by atoms with Crippen LogP contribution in [0.1, 0.15) is 12.8 Å². The van der Waals surface area contributed by atoms with Crippen LogP contribution >= 0.6 is 0 Å². The van der Waals surface area contributed by atoms with Crippen LogP contribution in [0.15, 0.2) is 0 Å². The SMILES string of the molecule is C[Si](C)(CCCO)CC[Si](C)(C)CCCO. The Hall–Kier alpha value is 0.354. The van der Waals surface area contributed by atoms with Gasteiger partial charge in [-0.3, -0.25) is 0 Å². The third kappa shape index (κ3) is 8.50. The Morgan fingerprint density at radius 3 is 1.19 bits per heavy atom. The maximum Gasteiger partial charge on any atom is 0.0471 e. The lowest BCUT2D eigenvalue weighted by molar-refractivity contribution is 0.294. The second kappa shape index (κ2) is 7.64. The maximum absolute atomic E-state index is 8.88. The third-order valence-electron chi connectivity index (χ3n) is 3.50. The van der Waals surface area contributed by atoms with Gasteiger partial charge in [-0.1, -0.05) is 50.4 Å². The fraction of sp³-hybridized carbons (Fsp3) is 1.00. The zero-order valence-electron chi connectivity index (χ0n) is 11.6. The van der Waals surface area contributed by atoms with Gasteiger partial charge >= 0.3 is 0 Å². The Morgan fingerprint density at radius 2 is 0.938 bits per heavy atom. The quantitative estimate of drug-likeness (QED) is 0.627. The molecule has 0 aromatic rings. The fourth-order valence-electron chi connectivity index (χ4n) is 2.04. The summed E-state index contributed by atoms with van der Waals surface area (Å²) in [5, 5.41) is 17.8. The van der Waals surface area contributed by atoms with E-state index in [1.807, 2.05) is 0 Å². The average molecular weight is 263 g/mol. The Kier molecular flexibility index (Phi) is 7.80. The molecule has 0 aliphatic rings. The van der Waals surface area contributed by atoms with Gasteiger partial charge < -0.3 is 10.2 Å². The monoisotopic (exact) mass is 262 g/mol. The zero-order valence-corrected chi connectivity index (χ0v) is 13.6. The molecule has 0 amide bonds. The highest BCUT2D eigenvalue weighted by Crippen LogP contribution is 2.27. The minimum Gasteiger partial charge on any atom is -0.396 e. The van der Waals surface area contributed by atoms with Gasteiger partial charge in [0.15, 0.2) is 0 Å². The summed E-state index contributed by atoms with van der Waals surface area (Å²) in [4.78, 5) is 0. The average Bonchev–Trinajstić information content (AvgIpc) is 2.22. The lowest BCUT2D eigenvalue weighted by Gasteiger charge is -2.28. The Bertz CT molecular complexity index is 162. The Morgan fingerprint density at radius 1 is 0.625 bits per heavy atom. The fourth-order valence-corrected chi connectivity index (χ4v) is 10.2. The van der Waals surface area contributed by atoms with Crippen molar-refractivity contribution in [2.24, 2.45) is 0 Å². The molecule has 0 saturated carbocycles. The molecule has 0 unspecified atom stereocenters. The van der Waals surface area contributed by atoms with Crippen LogP contribution < -0.4 is 0 Å². The number of aliphatic hydroxyl groups is 2. The van der Waals surface area contributed by atoms with Crippen molar-refractivity contribution >= 4 is 16.1 Å². The first kappa shape index (κ1) is 16.4. The standard InChI is InChI=1S/C12H30O2Si2/c1-15(2,9-5-7-13)11-12-16(3,4)10-6-8-14/h13-14H,5-12H2,1-4H3. The molecule has 0 aliphatic carbocycles. The van der Waals surface area contributed by atoms with E-state index in [0.717, 1.165) is 12.8 Å². The van der Waals surface area contributed by atoms with Crippen LogP contribution in [0.3, 0.4) is 0 Å². The van der Waals surface area contributed by atoms with E-state index in [4.69, 9.17) is 10.2 Å². The molecule has 0 atom stereocenters. The third-order valence-corrected chi connectivity index (χ3v) is 10.6. The lowest BCUT2D eigenvalue weighted by Crippen LogP contribution is -2.32. The summed E-state index contributed by atoms with van der Waals surface area (Å²) in [6, 6.07) is 5.32. The van der Waals surface area contributed by atoms with Gasteiger partial charge in [-0.2, -0.15) is 0 Å². The van der Waals surface area contributed by atoms with E-state index < -0.39 is 16.1 Å². The molecule has 0 heterocycles.